The van der Waals surface area contributed by atoms with Crippen molar-refractivity contribution in [1.82, 2.24) is 14.8 Å². The Balaban J connectivity index is 1.39. The zero-order valence-corrected chi connectivity index (χ0v) is 15.2. The van der Waals surface area contributed by atoms with Gasteiger partial charge in [-0.1, -0.05) is 24.3 Å². The first-order chi connectivity index (χ1) is 12.5. The lowest BCUT2D eigenvalue weighted by molar-refractivity contribution is 0.00805. The number of hydrogen-bond acceptors (Lipinski definition) is 4. The zero-order valence-electron chi connectivity index (χ0n) is 15.2. The Morgan fingerprint density at radius 1 is 1.19 bits per heavy atom. The molecule has 2 aromatic rings. The van der Waals surface area contributed by atoms with Crippen molar-refractivity contribution in [3.8, 4) is 0 Å². The molecule has 26 heavy (non-hydrogen) atoms. The van der Waals surface area contributed by atoms with Crippen LogP contribution in [0.15, 0.2) is 42.6 Å². The summed E-state index contributed by atoms with van der Waals surface area (Å²) < 4.78 is 0. The second kappa shape index (κ2) is 6.82. The second-order valence-electron chi connectivity index (χ2n) is 7.62. The van der Waals surface area contributed by atoms with E-state index in [1.54, 1.807) is 11.1 Å². The Morgan fingerprint density at radius 2 is 2.00 bits per heavy atom. The van der Waals surface area contributed by atoms with Crippen molar-refractivity contribution in [1.29, 1.82) is 0 Å². The number of nitrogens with zero attached hydrogens (tertiary/aromatic N) is 3. The third-order valence-corrected chi connectivity index (χ3v) is 5.51. The average molecular weight is 351 g/mol. The Bertz CT molecular complexity index is 805. The molecule has 0 aliphatic carbocycles. The molecule has 0 radical (unpaired) electrons. The molecule has 5 heteroatoms. The van der Waals surface area contributed by atoms with Gasteiger partial charge < -0.3 is 10.0 Å². The Kier molecular flexibility index (Phi) is 4.51. The van der Waals surface area contributed by atoms with Crippen LogP contribution >= 0.6 is 0 Å². The topological polar surface area (TPSA) is 56.7 Å². The molecule has 1 amide bonds. The maximum Gasteiger partial charge on any atom is 0.255 e. The van der Waals surface area contributed by atoms with Gasteiger partial charge >= 0.3 is 0 Å². The first-order valence-electron chi connectivity index (χ1n) is 9.26. The van der Waals surface area contributed by atoms with Gasteiger partial charge in [-0.05, 0) is 43.0 Å². The fraction of sp³-hybridized carbons (Fsp3) is 0.429. The number of aromatic nitrogens is 1. The lowest BCUT2D eigenvalue weighted by Crippen LogP contribution is -2.47. The molecule has 1 saturated heterocycles. The fourth-order valence-corrected chi connectivity index (χ4v) is 4.04. The summed E-state index contributed by atoms with van der Waals surface area (Å²) in [5.74, 6) is -0.0441. The van der Waals surface area contributed by atoms with Gasteiger partial charge in [0, 0.05) is 38.1 Å². The summed E-state index contributed by atoms with van der Waals surface area (Å²) in [6, 6.07) is 12.2. The lowest BCUT2D eigenvalue weighted by atomic mass is 9.97. The normalized spacial score (nSPS) is 23.1. The predicted octanol–water partition coefficient (Wildman–Crippen LogP) is 2.03. The number of hydrogen-bond donors (Lipinski definition) is 1. The van der Waals surface area contributed by atoms with Crippen molar-refractivity contribution in [2.24, 2.45) is 0 Å². The maximum absolute atomic E-state index is 12.7. The predicted molar refractivity (Wildman–Crippen MR) is 99.9 cm³/mol. The standard InChI is InChI=1S/C21H25N3O2/c1-16-6-7-18(12-22-16)20(25)24-11-9-21(26,15-24)14-23-10-8-17-4-2-3-5-19(17)13-23/h2-7,12,26H,8-11,13-15H2,1H3/t21-/m0/s1. The third kappa shape index (κ3) is 3.50. The molecule has 3 heterocycles. The highest BCUT2D eigenvalue weighted by Gasteiger charge is 2.40. The summed E-state index contributed by atoms with van der Waals surface area (Å²) in [6.45, 7) is 5.31. The SMILES string of the molecule is Cc1ccc(C(=O)N2CC[C@](O)(CN3CCc4ccccc4C3)C2)cn1. The summed E-state index contributed by atoms with van der Waals surface area (Å²) in [5.41, 5.74) is 3.40. The fourth-order valence-electron chi connectivity index (χ4n) is 4.04. The minimum atomic E-state index is -0.833. The molecule has 4 rings (SSSR count). The van der Waals surface area contributed by atoms with Gasteiger partial charge in [-0.3, -0.25) is 14.7 Å². The van der Waals surface area contributed by atoms with Gasteiger partial charge in [-0.25, -0.2) is 0 Å². The Hall–Kier alpha value is -2.24. The molecule has 1 aromatic heterocycles. The number of amides is 1. The molecule has 2 aliphatic heterocycles. The minimum Gasteiger partial charge on any atom is -0.387 e. The highest BCUT2D eigenvalue weighted by atomic mass is 16.3. The largest absolute Gasteiger partial charge is 0.387 e. The number of aryl methyl sites for hydroxylation is 1. The first-order valence-corrected chi connectivity index (χ1v) is 9.26. The van der Waals surface area contributed by atoms with Crippen LogP contribution in [-0.4, -0.2) is 57.6 Å². The zero-order chi connectivity index (χ0) is 18.1. The minimum absolute atomic E-state index is 0.0441. The van der Waals surface area contributed by atoms with E-state index < -0.39 is 5.60 Å². The van der Waals surface area contributed by atoms with E-state index in [0.717, 1.165) is 25.2 Å². The highest BCUT2D eigenvalue weighted by molar-refractivity contribution is 5.94. The number of benzene rings is 1. The summed E-state index contributed by atoms with van der Waals surface area (Å²) in [7, 11) is 0. The van der Waals surface area contributed by atoms with Gasteiger partial charge in [0.05, 0.1) is 17.7 Å². The molecule has 1 aromatic carbocycles. The Labute approximate surface area is 154 Å². The number of β-amino-alcohol motifs (C(OH)–C–C–N with tert-alkyl or cyclic N) is 1. The quantitative estimate of drug-likeness (QED) is 0.919. The van der Waals surface area contributed by atoms with Crippen LogP contribution in [0.3, 0.4) is 0 Å². The molecule has 2 aliphatic rings. The molecule has 0 saturated carbocycles. The van der Waals surface area contributed by atoms with Gasteiger partial charge in [0.1, 0.15) is 0 Å². The lowest BCUT2D eigenvalue weighted by Gasteiger charge is -2.34. The van der Waals surface area contributed by atoms with E-state index in [0.29, 0.717) is 31.6 Å². The molecule has 0 unspecified atom stereocenters. The number of rotatable bonds is 3. The van der Waals surface area contributed by atoms with Gasteiger partial charge in [-0.15, -0.1) is 0 Å². The van der Waals surface area contributed by atoms with Gasteiger partial charge in [0.25, 0.3) is 5.91 Å². The summed E-state index contributed by atoms with van der Waals surface area (Å²) in [4.78, 5) is 20.9. The van der Waals surface area contributed by atoms with Crippen LogP contribution in [0.2, 0.25) is 0 Å². The van der Waals surface area contributed by atoms with E-state index in [-0.39, 0.29) is 5.91 Å². The summed E-state index contributed by atoms with van der Waals surface area (Å²) in [5, 5.41) is 11.1. The molecular formula is C21H25N3O2. The van der Waals surface area contributed by atoms with Crippen LogP contribution < -0.4 is 0 Å². The number of likely N-dealkylation sites (tertiary alicyclic amines) is 1. The van der Waals surface area contributed by atoms with Crippen LogP contribution in [0.4, 0.5) is 0 Å². The first kappa shape index (κ1) is 17.2. The van der Waals surface area contributed by atoms with Crippen LogP contribution in [0.1, 0.15) is 33.6 Å². The number of carbonyl (C=O) groups excluding carboxylic acids is 1. The monoisotopic (exact) mass is 351 g/mol. The van der Waals surface area contributed by atoms with Gasteiger partial charge in [0.2, 0.25) is 0 Å². The molecule has 0 spiro atoms. The maximum atomic E-state index is 12.7. The van der Waals surface area contributed by atoms with Crippen LogP contribution in [0, 0.1) is 6.92 Å². The molecular weight excluding hydrogens is 326 g/mol. The van der Waals surface area contributed by atoms with E-state index in [4.69, 9.17) is 0 Å². The van der Waals surface area contributed by atoms with E-state index in [9.17, 15) is 9.90 Å². The Morgan fingerprint density at radius 3 is 2.77 bits per heavy atom. The average Bonchev–Trinajstić information content (AvgIpc) is 3.03. The number of fused-ring (bicyclic) bond motifs is 1. The van der Waals surface area contributed by atoms with Crippen molar-refractivity contribution in [2.45, 2.75) is 31.9 Å². The number of carbonyl (C=O) groups is 1. The van der Waals surface area contributed by atoms with E-state index >= 15 is 0 Å². The highest BCUT2D eigenvalue weighted by Crippen LogP contribution is 2.27. The smallest absolute Gasteiger partial charge is 0.255 e. The molecule has 1 atom stereocenters. The summed E-state index contributed by atoms with van der Waals surface area (Å²) >= 11 is 0. The van der Waals surface area contributed by atoms with Crippen molar-refractivity contribution >= 4 is 5.91 Å². The number of pyridine rings is 1. The molecule has 136 valence electrons. The van der Waals surface area contributed by atoms with Crippen molar-refractivity contribution < 1.29 is 9.90 Å². The molecule has 1 fully saturated rings. The molecule has 5 nitrogen and oxygen atoms in total. The van der Waals surface area contributed by atoms with E-state index in [1.165, 1.54) is 11.1 Å². The van der Waals surface area contributed by atoms with Gasteiger partial charge in [0.15, 0.2) is 0 Å². The summed E-state index contributed by atoms with van der Waals surface area (Å²) in [6.07, 6.45) is 3.26. The van der Waals surface area contributed by atoms with Crippen LogP contribution in [-0.2, 0) is 13.0 Å². The van der Waals surface area contributed by atoms with E-state index in [1.807, 2.05) is 19.1 Å². The molecule has 1 N–H and O–H groups in total. The van der Waals surface area contributed by atoms with Crippen molar-refractivity contribution in [3.63, 3.8) is 0 Å². The number of aliphatic hydroxyl groups is 1. The van der Waals surface area contributed by atoms with Crippen LogP contribution in [0.5, 0.6) is 0 Å². The van der Waals surface area contributed by atoms with Gasteiger partial charge in [-0.2, -0.15) is 0 Å². The van der Waals surface area contributed by atoms with E-state index in [2.05, 4.69) is 34.1 Å². The van der Waals surface area contributed by atoms with Crippen molar-refractivity contribution in [2.75, 3.05) is 26.2 Å². The third-order valence-electron chi connectivity index (χ3n) is 5.51. The van der Waals surface area contributed by atoms with Crippen molar-refractivity contribution in [3.05, 3.63) is 65.0 Å². The molecule has 0 bridgehead atoms. The van der Waals surface area contributed by atoms with Crippen LogP contribution in [0.25, 0.3) is 0 Å². The second-order valence-corrected chi connectivity index (χ2v) is 7.62.